The minimum atomic E-state index is -1.02. The molecule has 1 amide bonds. The molecule has 7 heteroatoms. The largest absolute Gasteiger partial charge is 0.480 e. The molecule has 0 aliphatic carbocycles. The zero-order valence-electron chi connectivity index (χ0n) is 13.4. The van der Waals surface area contributed by atoms with Crippen LogP contribution in [0, 0.1) is 13.8 Å². The molecule has 0 fully saturated rings. The van der Waals surface area contributed by atoms with E-state index in [9.17, 15) is 9.59 Å². The molecule has 2 rings (SSSR count). The highest BCUT2D eigenvalue weighted by Gasteiger charge is 2.21. The molecule has 2 N–H and O–H groups in total. The van der Waals surface area contributed by atoms with Crippen LogP contribution in [0.4, 0.5) is 0 Å². The minimum Gasteiger partial charge on any atom is -0.480 e. The van der Waals surface area contributed by atoms with Crippen LogP contribution in [-0.4, -0.2) is 40.2 Å². The number of amides is 1. The van der Waals surface area contributed by atoms with Gasteiger partial charge in [-0.2, -0.15) is 11.8 Å². The number of benzene rings is 1. The number of thioether (sulfide) groups is 1. The molecule has 1 aromatic carbocycles. The Hall–Kier alpha value is -2.02. The summed E-state index contributed by atoms with van der Waals surface area (Å²) >= 11 is 1.54. The average molecular weight is 336 g/mol. The van der Waals surface area contributed by atoms with Gasteiger partial charge in [-0.25, -0.2) is 4.79 Å². The van der Waals surface area contributed by atoms with Gasteiger partial charge in [-0.05, 0) is 49.5 Å². The normalized spacial score (nSPS) is 12.3. The number of carboxylic acids is 1. The summed E-state index contributed by atoms with van der Waals surface area (Å²) < 4.78 is 5.30. The Morgan fingerprint density at radius 3 is 2.78 bits per heavy atom. The molecule has 0 saturated carbocycles. The fourth-order valence-electron chi connectivity index (χ4n) is 2.46. The van der Waals surface area contributed by atoms with Gasteiger partial charge in [0, 0.05) is 5.39 Å². The second kappa shape index (κ2) is 7.50. The second-order valence-electron chi connectivity index (χ2n) is 5.50. The zero-order chi connectivity index (χ0) is 17.0. The summed E-state index contributed by atoms with van der Waals surface area (Å²) in [5.74, 6) is -0.723. The van der Waals surface area contributed by atoms with Gasteiger partial charge in [0.15, 0.2) is 5.58 Å². The van der Waals surface area contributed by atoms with E-state index < -0.39 is 12.0 Å². The van der Waals surface area contributed by atoms with Gasteiger partial charge < -0.3 is 14.9 Å². The van der Waals surface area contributed by atoms with Gasteiger partial charge in [0.05, 0.1) is 6.42 Å². The lowest BCUT2D eigenvalue weighted by Gasteiger charge is -2.13. The van der Waals surface area contributed by atoms with Crippen LogP contribution in [0.3, 0.4) is 0 Å². The van der Waals surface area contributed by atoms with Crippen LogP contribution in [0.5, 0.6) is 0 Å². The zero-order valence-corrected chi connectivity index (χ0v) is 14.2. The third-order valence-corrected chi connectivity index (χ3v) is 4.19. The first-order valence-corrected chi connectivity index (χ1v) is 8.68. The van der Waals surface area contributed by atoms with Crippen LogP contribution in [0.1, 0.15) is 23.2 Å². The molecule has 0 aliphatic heterocycles. The summed E-state index contributed by atoms with van der Waals surface area (Å²) in [6.07, 6.45) is 2.28. The van der Waals surface area contributed by atoms with Crippen molar-refractivity contribution in [1.29, 1.82) is 0 Å². The van der Waals surface area contributed by atoms with Crippen molar-refractivity contribution in [3.05, 3.63) is 29.0 Å². The molecular formula is C16H20N2O4S. The lowest BCUT2D eigenvalue weighted by atomic mass is 10.1. The maximum Gasteiger partial charge on any atom is 0.326 e. The van der Waals surface area contributed by atoms with E-state index in [1.54, 1.807) is 11.8 Å². The average Bonchev–Trinajstić information content (AvgIpc) is 2.86. The summed E-state index contributed by atoms with van der Waals surface area (Å²) in [4.78, 5) is 23.3. The smallest absolute Gasteiger partial charge is 0.326 e. The topological polar surface area (TPSA) is 92.4 Å². The SMILES string of the molecule is CSCCC(NC(=O)Cc1noc2c(C)cc(C)cc12)C(=O)O. The first-order valence-electron chi connectivity index (χ1n) is 7.29. The Bertz CT molecular complexity index is 726. The number of carbonyl (C=O) groups is 2. The van der Waals surface area contributed by atoms with Crippen molar-refractivity contribution >= 4 is 34.6 Å². The van der Waals surface area contributed by atoms with Gasteiger partial charge in [-0.3, -0.25) is 4.79 Å². The van der Waals surface area contributed by atoms with E-state index in [-0.39, 0.29) is 12.3 Å². The molecule has 2 aromatic rings. The number of rotatable bonds is 7. The standard InChI is InChI=1S/C16H20N2O4S/c1-9-6-10(2)15-11(7-9)13(18-22-15)8-14(19)17-12(16(20)21)4-5-23-3/h6-7,12H,4-5,8H2,1-3H3,(H,17,19)(H,20,21). The first-order chi connectivity index (χ1) is 10.9. The van der Waals surface area contributed by atoms with Crippen molar-refractivity contribution in [2.75, 3.05) is 12.0 Å². The van der Waals surface area contributed by atoms with E-state index in [1.807, 2.05) is 32.2 Å². The van der Waals surface area contributed by atoms with E-state index in [0.29, 0.717) is 23.5 Å². The van der Waals surface area contributed by atoms with Crippen molar-refractivity contribution in [1.82, 2.24) is 10.5 Å². The number of fused-ring (bicyclic) bond motifs is 1. The second-order valence-corrected chi connectivity index (χ2v) is 6.49. The van der Waals surface area contributed by atoms with Gasteiger partial charge in [0.2, 0.25) is 5.91 Å². The number of hydrogen-bond acceptors (Lipinski definition) is 5. The lowest BCUT2D eigenvalue weighted by molar-refractivity contribution is -0.141. The number of aliphatic carboxylic acids is 1. The Morgan fingerprint density at radius 1 is 1.39 bits per heavy atom. The van der Waals surface area contributed by atoms with Crippen LogP contribution in [-0.2, 0) is 16.0 Å². The number of nitrogens with zero attached hydrogens (tertiary/aromatic N) is 1. The van der Waals surface area contributed by atoms with Crippen molar-refractivity contribution < 1.29 is 19.2 Å². The third kappa shape index (κ3) is 4.25. The number of hydrogen-bond donors (Lipinski definition) is 2. The molecule has 1 aromatic heterocycles. The van der Waals surface area contributed by atoms with Crippen molar-refractivity contribution in [3.63, 3.8) is 0 Å². The third-order valence-electron chi connectivity index (χ3n) is 3.55. The van der Waals surface area contributed by atoms with Gasteiger partial charge >= 0.3 is 5.97 Å². The highest BCUT2D eigenvalue weighted by Crippen LogP contribution is 2.24. The number of carbonyl (C=O) groups excluding carboxylic acids is 1. The molecule has 23 heavy (non-hydrogen) atoms. The maximum absolute atomic E-state index is 12.1. The molecular weight excluding hydrogens is 316 g/mol. The Kier molecular flexibility index (Phi) is 5.65. The van der Waals surface area contributed by atoms with E-state index >= 15 is 0 Å². The molecule has 0 saturated heterocycles. The van der Waals surface area contributed by atoms with Crippen LogP contribution in [0.2, 0.25) is 0 Å². The number of nitrogens with one attached hydrogen (secondary N) is 1. The van der Waals surface area contributed by atoms with Crippen LogP contribution >= 0.6 is 11.8 Å². The molecule has 0 spiro atoms. The van der Waals surface area contributed by atoms with Gasteiger partial charge in [-0.15, -0.1) is 0 Å². The number of aromatic nitrogens is 1. The molecule has 1 atom stereocenters. The molecule has 0 radical (unpaired) electrons. The van der Waals surface area contributed by atoms with Crippen LogP contribution in [0.15, 0.2) is 16.7 Å². The molecule has 1 heterocycles. The Labute approximate surface area is 138 Å². The van der Waals surface area contributed by atoms with E-state index in [1.165, 1.54) is 0 Å². The number of aryl methyl sites for hydroxylation is 2. The fraction of sp³-hybridized carbons (Fsp3) is 0.438. The van der Waals surface area contributed by atoms with E-state index in [0.717, 1.165) is 16.5 Å². The minimum absolute atomic E-state index is 0.00105. The first kappa shape index (κ1) is 17.3. The van der Waals surface area contributed by atoms with Gasteiger partial charge in [0.1, 0.15) is 11.7 Å². The van der Waals surface area contributed by atoms with E-state index in [4.69, 9.17) is 9.63 Å². The molecule has 0 bridgehead atoms. The van der Waals surface area contributed by atoms with Crippen molar-refractivity contribution in [2.24, 2.45) is 0 Å². The van der Waals surface area contributed by atoms with Crippen molar-refractivity contribution in [2.45, 2.75) is 32.7 Å². The summed E-state index contributed by atoms with van der Waals surface area (Å²) in [7, 11) is 0. The summed E-state index contributed by atoms with van der Waals surface area (Å²) in [6.45, 7) is 3.89. The molecule has 1 unspecified atom stereocenters. The van der Waals surface area contributed by atoms with E-state index in [2.05, 4.69) is 10.5 Å². The van der Waals surface area contributed by atoms with Crippen LogP contribution in [0.25, 0.3) is 11.0 Å². The van der Waals surface area contributed by atoms with Gasteiger partial charge in [0.25, 0.3) is 0 Å². The summed E-state index contributed by atoms with van der Waals surface area (Å²) in [6, 6.07) is 3.03. The van der Waals surface area contributed by atoms with Crippen molar-refractivity contribution in [3.8, 4) is 0 Å². The Balaban J connectivity index is 2.12. The quantitative estimate of drug-likeness (QED) is 0.806. The summed E-state index contributed by atoms with van der Waals surface area (Å²) in [5.41, 5.74) is 3.21. The monoisotopic (exact) mass is 336 g/mol. The van der Waals surface area contributed by atoms with Gasteiger partial charge in [-0.1, -0.05) is 11.2 Å². The molecule has 0 aliphatic rings. The maximum atomic E-state index is 12.1. The summed E-state index contributed by atoms with van der Waals surface area (Å²) in [5, 5.41) is 16.5. The highest BCUT2D eigenvalue weighted by molar-refractivity contribution is 7.98. The van der Waals surface area contributed by atoms with Crippen LogP contribution < -0.4 is 5.32 Å². The number of carboxylic acid groups (broad SMARTS) is 1. The predicted molar refractivity (Wildman–Crippen MR) is 89.8 cm³/mol. The Morgan fingerprint density at radius 2 is 2.13 bits per heavy atom. The lowest BCUT2D eigenvalue weighted by Crippen LogP contribution is -2.41. The molecule has 124 valence electrons. The predicted octanol–water partition coefficient (Wildman–Crippen LogP) is 2.31. The fourth-order valence-corrected chi connectivity index (χ4v) is 2.93. The highest BCUT2D eigenvalue weighted by atomic mass is 32.2. The molecule has 6 nitrogen and oxygen atoms in total.